The van der Waals surface area contributed by atoms with E-state index in [0.29, 0.717) is 0 Å². The van der Waals surface area contributed by atoms with E-state index in [4.69, 9.17) is 0 Å². The van der Waals surface area contributed by atoms with Gasteiger partial charge in [0, 0.05) is 22.0 Å². The van der Waals surface area contributed by atoms with Gasteiger partial charge in [0.1, 0.15) is 5.82 Å². The number of hydrogen-bond acceptors (Lipinski definition) is 1. The first-order valence-electron chi connectivity index (χ1n) is 6.47. The van der Waals surface area contributed by atoms with E-state index in [9.17, 15) is 4.39 Å². The lowest BCUT2D eigenvalue weighted by atomic mass is 9.83. The van der Waals surface area contributed by atoms with Crippen LogP contribution in [0.4, 0.5) is 4.39 Å². The fourth-order valence-electron chi connectivity index (χ4n) is 1.85. The van der Waals surface area contributed by atoms with Crippen LogP contribution in [0.1, 0.15) is 33.3 Å². The molecule has 0 fully saturated rings. The maximum Gasteiger partial charge on any atom is 0.124 e. The molecule has 0 aliphatic heterocycles. The lowest BCUT2D eigenvalue weighted by molar-refractivity contribution is 0.322. The monoisotopic (exact) mass is 327 g/mol. The Bertz CT molecular complexity index is 430. The maximum absolute atomic E-state index is 13.4. The second-order valence-electron chi connectivity index (χ2n) is 6.42. The highest BCUT2D eigenvalue weighted by Crippen LogP contribution is 2.26. The molecule has 0 aromatic heterocycles. The molecular formula is C16H23BrFN. The van der Waals surface area contributed by atoms with Gasteiger partial charge in [0.05, 0.1) is 0 Å². The predicted octanol–water partition coefficient (Wildman–Crippen LogP) is 4.71. The van der Waals surface area contributed by atoms with Crippen LogP contribution in [0.2, 0.25) is 0 Å². The van der Waals surface area contributed by atoms with Crippen molar-refractivity contribution in [3.05, 3.63) is 46.7 Å². The summed E-state index contributed by atoms with van der Waals surface area (Å²) in [6.07, 6.45) is 2.71. The van der Waals surface area contributed by atoms with Gasteiger partial charge in [-0.3, -0.25) is 0 Å². The van der Waals surface area contributed by atoms with Crippen LogP contribution in [-0.4, -0.2) is 12.1 Å². The Hall–Kier alpha value is -0.670. The van der Waals surface area contributed by atoms with E-state index in [0.717, 1.165) is 23.0 Å². The molecule has 1 N–H and O–H groups in total. The van der Waals surface area contributed by atoms with E-state index in [1.165, 1.54) is 6.07 Å². The number of rotatable bonds is 5. The minimum Gasteiger partial charge on any atom is -0.311 e. The molecule has 1 rings (SSSR count). The Morgan fingerprint density at radius 3 is 2.37 bits per heavy atom. The van der Waals surface area contributed by atoms with Gasteiger partial charge in [0.2, 0.25) is 0 Å². The molecule has 19 heavy (non-hydrogen) atoms. The smallest absolute Gasteiger partial charge is 0.124 e. The van der Waals surface area contributed by atoms with Crippen molar-refractivity contribution in [2.75, 3.05) is 6.54 Å². The van der Waals surface area contributed by atoms with Crippen molar-refractivity contribution in [3.8, 4) is 0 Å². The molecule has 1 atom stereocenters. The fourth-order valence-corrected chi connectivity index (χ4v) is 2.37. The summed E-state index contributed by atoms with van der Waals surface area (Å²) < 4.78 is 14.2. The van der Waals surface area contributed by atoms with Crippen LogP contribution in [0.25, 0.3) is 0 Å². The van der Waals surface area contributed by atoms with Gasteiger partial charge in [-0.2, -0.15) is 0 Å². The summed E-state index contributed by atoms with van der Waals surface area (Å²) in [6, 6.07) is 5.02. The van der Waals surface area contributed by atoms with E-state index in [1.807, 2.05) is 12.1 Å². The zero-order valence-corrected chi connectivity index (χ0v) is 13.8. The first-order valence-corrected chi connectivity index (χ1v) is 7.26. The van der Waals surface area contributed by atoms with Crippen LogP contribution in [0, 0.1) is 11.2 Å². The van der Waals surface area contributed by atoms with Crippen molar-refractivity contribution in [1.29, 1.82) is 0 Å². The number of benzene rings is 1. The third-order valence-electron chi connectivity index (χ3n) is 3.05. The van der Waals surface area contributed by atoms with Crippen LogP contribution in [0.5, 0.6) is 0 Å². The Morgan fingerprint density at radius 2 is 1.89 bits per heavy atom. The first kappa shape index (κ1) is 16.4. The van der Waals surface area contributed by atoms with E-state index >= 15 is 0 Å². The molecule has 1 aromatic carbocycles. The molecule has 1 unspecified atom stereocenters. The molecule has 0 saturated carbocycles. The SMILES string of the molecule is C=CC(C)(CNC(C)(C)C)Cc1cc(F)cc(Br)c1. The van der Waals surface area contributed by atoms with Crippen molar-refractivity contribution >= 4 is 15.9 Å². The third kappa shape index (κ3) is 5.87. The lowest BCUT2D eigenvalue weighted by Crippen LogP contribution is -2.43. The highest BCUT2D eigenvalue weighted by atomic mass is 79.9. The van der Waals surface area contributed by atoms with E-state index in [-0.39, 0.29) is 16.8 Å². The standard InChI is InChI=1S/C16H23BrFN/c1-6-16(5,11-19-15(2,3)4)10-12-7-13(17)9-14(18)8-12/h6-9,19H,1,10-11H2,2-5H3. The quantitative estimate of drug-likeness (QED) is 0.772. The van der Waals surface area contributed by atoms with Gasteiger partial charge in [-0.05, 0) is 51.0 Å². The average Bonchev–Trinajstić information content (AvgIpc) is 2.24. The van der Waals surface area contributed by atoms with E-state index in [1.54, 1.807) is 6.07 Å². The summed E-state index contributed by atoms with van der Waals surface area (Å²) >= 11 is 3.33. The van der Waals surface area contributed by atoms with Crippen LogP contribution in [-0.2, 0) is 6.42 Å². The first-order chi connectivity index (χ1) is 8.63. The molecular weight excluding hydrogens is 305 g/mol. The molecule has 106 valence electrons. The minimum atomic E-state index is -0.209. The average molecular weight is 328 g/mol. The molecule has 0 amide bonds. The molecule has 3 heteroatoms. The summed E-state index contributed by atoms with van der Waals surface area (Å²) in [6.45, 7) is 13.3. The van der Waals surface area contributed by atoms with E-state index < -0.39 is 0 Å². The summed E-state index contributed by atoms with van der Waals surface area (Å²) in [5.74, 6) is -0.209. The Labute approximate surface area is 124 Å². The Balaban J connectivity index is 2.82. The van der Waals surface area contributed by atoms with Crippen LogP contribution >= 0.6 is 15.9 Å². The second-order valence-corrected chi connectivity index (χ2v) is 7.33. The lowest BCUT2D eigenvalue weighted by Gasteiger charge is -2.31. The topological polar surface area (TPSA) is 12.0 Å². The Kier molecular flexibility index (Phi) is 5.34. The fraction of sp³-hybridized carbons (Fsp3) is 0.500. The van der Waals surface area contributed by atoms with Crippen molar-refractivity contribution in [3.63, 3.8) is 0 Å². The van der Waals surface area contributed by atoms with Gasteiger partial charge in [-0.15, -0.1) is 6.58 Å². The summed E-state index contributed by atoms with van der Waals surface area (Å²) in [5, 5.41) is 3.49. The molecule has 0 spiro atoms. The molecule has 0 heterocycles. The molecule has 0 aliphatic rings. The van der Waals surface area contributed by atoms with Gasteiger partial charge in [0.15, 0.2) is 0 Å². The molecule has 0 radical (unpaired) electrons. The van der Waals surface area contributed by atoms with Crippen LogP contribution < -0.4 is 5.32 Å². The molecule has 1 nitrogen and oxygen atoms in total. The summed E-state index contributed by atoms with van der Waals surface area (Å²) in [7, 11) is 0. The maximum atomic E-state index is 13.4. The van der Waals surface area contributed by atoms with Crippen molar-refractivity contribution in [2.45, 2.75) is 39.7 Å². The third-order valence-corrected chi connectivity index (χ3v) is 3.50. The zero-order valence-electron chi connectivity index (χ0n) is 12.2. The summed E-state index contributed by atoms with van der Waals surface area (Å²) in [5.41, 5.74) is 0.942. The Morgan fingerprint density at radius 1 is 1.26 bits per heavy atom. The number of nitrogens with one attached hydrogen (secondary N) is 1. The highest BCUT2D eigenvalue weighted by molar-refractivity contribution is 9.10. The van der Waals surface area contributed by atoms with Crippen molar-refractivity contribution < 1.29 is 4.39 Å². The molecule has 0 bridgehead atoms. The van der Waals surface area contributed by atoms with Crippen LogP contribution in [0.3, 0.4) is 0 Å². The van der Waals surface area contributed by atoms with Gasteiger partial charge < -0.3 is 5.32 Å². The normalized spacial score (nSPS) is 15.1. The molecule has 1 aromatic rings. The van der Waals surface area contributed by atoms with E-state index in [2.05, 4.69) is 55.5 Å². The molecule has 0 aliphatic carbocycles. The van der Waals surface area contributed by atoms with Gasteiger partial charge >= 0.3 is 0 Å². The van der Waals surface area contributed by atoms with Crippen molar-refractivity contribution in [2.24, 2.45) is 5.41 Å². The number of hydrogen-bond donors (Lipinski definition) is 1. The van der Waals surface area contributed by atoms with Gasteiger partial charge in [-0.1, -0.05) is 28.9 Å². The van der Waals surface area contributed by atoms with Gasteiger partial charge in [0.25, 0.3) is 0 Å². The molecule has 0 saturated heterocycles. The van der Waals surface area contributed by atoms with Crippen molar-refractivity contribution in [1.82, 2.24) is 5.32 Å². The second kappa shape index (κ2) is 6.19. The highest BCUT2D eigenvalue weighted by Gasteiger charge is 2.23. The zero-order chi connectivity index (χ0) is 14.7. The largest absolute Gasteiger partial charge is 0.311 e. The number of halogens is 2. The van der Waals surface area contributed by atoms with Gasteiger partial charge in [-0.25, -0.2) is 4.39 Å². The summed E-state index contributed by atoms with van der Waals surface area (Å²) in [4.78, 5) is 0. The predicted molar refractivity (Wildman–Crippen MR) is 83.9 cm³/mol. The minimum absolute atomic E-state index is 0.0623. The van der Waals surface area contributed by atoms with Crippen LogP contribution in [0.15, 0.2) is 35.3 Å².